The van der Waals surface area contributed by atoms with Crippen LogP contribution in [0.2, 0.25) is 5.02 Å². The molecule has 5 nitrogen and oxygen atoms in total. The van der Waals surface area contributed by atoms with Crippen molar-refractivity contribution >= 4 is 21.6 Å². The topological polar surface area (TPSA) is 66.6 Å². The number of hydrogen-bond acceptors (Lipinski definition) is 4. The van der Waals surface area contributed by atoms with Crippen molar-refractivity contribution in [2.75, 3.05) is 26.7 Å². The second kappa shape index (κ2) is 5.99. The van der Waals surface area contributed by atoms with Gasteiger partial charge in [0.25, 0.3) is 0 Å². The average Bonchev–Trinajstić information content (AvgIpc) is 2.37. The fraction of sp³-hybridized carbons (Fsp3) is 0.538. The molecule has 1 fully saturated rings. The van der Waals surface area contributed by atoms with Gasteiger partial charge in [-0.05, 0) is 31.7 Å². The molecule has 0 radical (unpaired) electrons. The van der Waals surface area contributed by atoms with Crippen LogP contribution in [0.4, 0.5) is 0 Å². The zero-order valence-corrected chi connectivity index (χ0v) is 13.3. The fourth-order valence-corrected chi connectivity index (χ4v) is 4.64. The number of hydrogen-bond donors (Lipinski definition) is 1. The molecule has 1 aromatic carbocycles. The number of likely N-dealkylation sites (N-methyl/N-ethyl adjacent to an activating group) is 1. The summed E-state index contributed by atoms with van der Waals surface area (Å²) in [4.78, 5) is 2.28. The van der Waals surface area contributed by atoms with E-state index in [1.165, 1.54) is 4.31 Å². The Balaban J connectivity index is 2.35. The summed E-state index contributed by atoms with van der Waals surface area (Å²) in [6, 6.07) is 4.81. The Morgan fingerprint density at radius 3 is 2.65 bits per heavy atom. The lowest BCUT2D eigenvalue weighted by Crippen LogP contribution is -2.52. The molecule has 112 valence electrons. The highest BCUT2D eigenvalue weighted by atomic mass is 35.5. The fourth-order valence-electron chi connectivity index (χ4n) is 2.49. The molecule has 20 heavy (non-hydrogen) atoms. The standard InChI is InChI=1S/C13H20ClN3O2S/c1-10-9-16(2)5-6-17(10)20(18,19)13-4-3-11(8-15)7-12(13)14/h3-4,7,10H,5-6,8-9,15H2,1-2H3. The van der Waals surface area contributed by atoms with Crippen molar-refractivity contribution in [3.63, 3.8) is 0 Å². The monoisotopic (exact) mass is 317 g/mol. The summed E-state index contributed by atoms with van der Waals surface area (Å²) >= 11 is 6.12. The van der Waals surface area contributed by atoms with Crippen molar-refractivity contribution in [1.82, 2.24) is 9.21 Å². The summed E-state index contributed by atoms with van der Waals surface area (Å²) in [6.07, 6.45) is 0. The van der Waals surface area contributed by atoms with E-state index in [9.17, 15) is 8.42 Å². The van der Waals surface area contributed by atoms with Crippen molar-refractivity contribution in [2.24, 2.45) is 5.73 Å². The van der Waals surface area contributed by atoms with Gasteiger partial charge in [-0.2, -0.15) is 4.31 Å². The van der Waals surface area contributed by atoms with Crippen LogP contribution in [0.3, 0.4) is 0 Å². The van der Waals surface area contributed by atoms with Crippen LogP contribution in [0.15, 0.2) is 23.1 Å². The van der Waals surface area contributed by atoms with Crippen molar-refractivity contribution in [3.05, 3.63) is 28.8 Å². The Morgan fingerprint density at radius 2 is 2.10 bits per heavy atom. The molecular weight excluding hydrogens is 298 g/mol. The first kappa shape index (κ1) is 15.7. The predicted octanol–water partition coefficient (Wildman–Crippen LogP) is 1.12. The molecule has 1 aromatic rings. The summed E-state index contributed by atoms with van der Waals surface area (Å²) in [5, 5.41) is 0.235. The normalized spacial score (nSPS) is 22.1. The van der Waals surface area contributed by atoms with Gasteiger partial charge in [-0.25, -0.2) is 8.42 Å². The quantitative estimate of drug-likeness (QED) is 0.907. The van der Waals surface area contributed by atoms with E-state index >= 15 is 0 Å². The lowest BCUT2D eigenvalue weighted by molar-refractivity contribution is 0.170. The molecular formula is C13H20ClN3O2S. The molecule has 0 spiro atoms. The van der Waals surface area contributed by atoms with E-state index in [1.54, 1.807) is 18.2 Å². The third-order valence-corrected chi connectivity index (χ3v) is 6.08. The Hall–Kier alpha value is -0.660. The zero-order valence-electron chi connectivity index (χ0n) is 11.7. The number of piperazine rings is 1. The number of rotatable bonds is 3. The zero-order chi connectivity index (χ0) is 14.9. The molecule has 2 N–H and O–H groups in total. The van der Waals surface area contributed by atoms with Crippen molar-refractivity contribution in [1.29, 1.82) is 0 Å². The van der Waals surface area contributed by atoms with E-state index in [0.717, 1.165) is 18.7 Å². The molecule has 0 aromatic heterocycles. The van der Waals surface area contributed by atoms with Gasteiger partial charge in [0, 0.05) is 32.2 Å². The van der Waals surface area contributed by atoms with Gasteiger partial charge in [0.05, 0.1) is 5.02 Å². The maximum absolute atomic E-state index is 12.7. The summed E-state index contributed by atoms with van der Waals surface area (Å²) in [5.74, 6) is 0. The maximum atomic E-state index is 12.7. The smallest absolute Gasteiger partial charge is 0.244 e. The molecule has 1 atom stereocenters. The highest BCUT2D eigenvalue weighted by Gasteiger charge is 2.33. The molecule has 0 aliphatic carbocycles. The Labute approximate surface area is 125 Å². The van der Waals surface area contributed by atoms with Gasteiger partial charge in [0.2, 0.25) is 10.0 Å². The van der Waals surface area contributed by atoms with Crippen LogP contribution < -0.4 is 5.73 Å². The number of nitrogens with zero attached hydrogens (tertiary/aromatic N) is 2. The summed E-state index contributed by atoms with van der Waals surface area (Å²) in [7, 11) is -1.57. The Bertz CT molecular complexity index is 591. The third kappa shape index (κ3) is 2.99. The van der Waals surface area contributed by atoms with Crippen LogP contribution in [0.1, 0.15) is 12.5 Å². The number of halogens is 1. The minimum atomic E-state index is -3.56. The molecule has 1 heterocycles. The molecule has 0 bridgehead atoms. The molecule has 0 saturated carbocycles. The lowest BCUT2D eigenvalue weighted by atomic mass is 10.2. The largest absolute Gasteiger partial charge is 0.326 e. The number of nitrogens with two attached hydrogens (primary N) is 1. The second-order valence-electron chi connectivity index (χ2n) is 5.20. The number of benzene rings is 1. The first-order valence-electron chi connectivity index (χ1n) is 6.55. The SMILES string of the molecule is CC1CN(C)CCN1S(=O)(=O)c1ccc(CN)cc1Cl. The molecule has 1 unspecified atom stereocenters. The first-order chi connectivity index (χ1) is 9.36. The minimum Gasteiger partial charge on any atom is -0.326 e. The van der Waals surface area contributed by atoms with Crippen molar-refractivity contribution < 1.29 is 8.42 Å². The van der Waals surface area contributed by atoms with Gasteiger partial charge in [0.15, 0.2) is 0 Å². The van der Waals surface area contributed by atoms with E-state index in [2.05, 4.69) is 4.90 Å². The predicted molar refractivity (Wildman–Crippen MR) is 80.2 cm³/mol. The summed E-state index contributed by atoms with van der Waals surface area (Å²) < 4.78 is 27.0. The van der Waals surface area contributed by atoms with Crippen LogP contribution >= 0.6 is 11.6 Å². The van der Waals surface area contributed by atoms with Crippen LogP contribution in [-0.4, -0.2) is 50.3 Å². The summed E-state index contributed by atoms with van der Waals surface area (Å²) in [5.41, 5.74) is 6.35. The highest BCUT2D eigenvalue weighted by molar-refractivity contribution is 7.89. The first-order valence-corrected chi connectivity index (χ1v) is 8.37. The van der Waals surface area contributed by atoms with E-state index in [1.807, 2.05) is 14.0 Å². The lowest BCUT2D eigenvalue weighted by Gasteiger charge is -2.37. The molecule has 0 amide bonds. The number of sulfonamides is 1. The summed E-state index contributed by atoms with van der Waals surface area (Å²) in [6.45, 7) is 4.18. The minimum absolute atomic E-state index is 0.0657. The van der Waals surface area contributed by atoms with E-state index in [0.29, 0.717) is 13.1 Å². The van der Waals surface area contributed by atoms with Gasteiger partial charge in [0.1, 0.15) is 4.90 Å². The van der Waals surface area contributed by atoms with Crippen LogP contribution in [0.25, 0.3) is 0 Å². The van der Waals surface area contributed by atoms with E-state index in [-0.39, 0.29) is 16.0 Å². The molecule has 7 heteroatoms. The van der Waals surface area contributed by atoms with Crippen LogP contribution in [-0.2, 0) is 16.6 Å². The Kier molecular flexibility index (Phi) is 4.71. The van der Waals surface area contributed by atoms with E-state index < -0.39 is 10.0 Å². The Morgan fingerprint density at radius 1 is 1.40 bits per heavy atom. The third-order valence-electron chi connectivity index (χ3n) is 3.59. The van der Waals surface area contributed by atoms with Gasteiger partial charge in [-0.15, -0.1) is 0 Å². The molecule has 1 aliphatic heterocycles. The van der Waals surface area contributed by atoms with Crippen molar-refractivity contribution in [2.45, 2.75) is 24.4 Å². The maximum Gasteiger partial charge on any atom is 0.244 e. The highest BCUT2D eigenvalue weighted by Crippen LogP contribution is 2.28. The van der Waals surface area contributed by atoms with Crippen LogP contribution in [0, 0.1) is 0 Å². The van der Waals surface area contributed by atoms with Gasteiger partial charge >= 0.3 is 0 Å². The second-order valence-corrected chi connectivity index (χ2v) is 7.46. The molecule has 1 aliphatic rings. The van der Waals surface area contributed by atoms with Gasteiger partial charge in [-0.1, -0.05) is 17.7 Å². The van der Waals surface area contributed by atoms with Crippen molar-refractivity contribution in [3.8, 4) is 0 Å². The van der Waals surface area contributed by atoms with Gasteiger partial charge in [-0.3, -0.25) is 0 Å². The molecule has 2 rings (SSSR count). The average molecular weight is 318 g/mol. The van der Waals surface area contributed by atoms with E-state index in [4.69, 9.17) is 17.3 Å². The van der Waals surface area contributed by atoms with Gasteiger partial charge < -0.3 is 10.6 Å². The molecule has 1 saturated heterocycles. The van der Waals surface area contributed by atoms with Crippen LogP contribution in [0.5, 0.6) is 0 Å².